The Bertz CT molecular complexity index is 1260. The van der Waals surface area contributed by atoms with Gasteiger partial charge in [-0.15, -0.1) is 0 Å². The summed E-state index contributed by atoms with van der Waals surface area (Å²) in [6.45, 7) is 16.6. The van der Waals surface area contributed by atoms with Crippen molar-refractivity contribution < 1.29 is 53.9 Å². The Morgan fingerprint density at radius 1 is 0.939 bits per heavy atom. The first-order valence-corrected chi connectivity index (χ1v) is 19.5. The third-order valence-corrected chi connectivity index (χ3v) is 15.3. The summed E-state index contributed by atoms with van der Waals surface area (Å²) in [5.41, 5.74) is -0.856. The Hall–Kier alpha value is 0.336. The molecule has 15 atom stereocenters. The van der Waals surface area contributed by atoms with Crippen molar-refractivity contribution in [2.75, 3.05) is 6.61 Å². The summed E-state index contributed by atoms with van der Waals surface area (Å²) < 4.78 is 29.4. The van der Waals surface area contributed by atoms with Crippen LogP contribution in [0.5, 0.6) is 0 Å². The molecule has 0 radical (unpaired) electrons. The number of phosphoric ester groups is 1. The van der Waals surface area contributed by atoms with Gasteiger partial charge in [0.05, 0.1) is 32.2 Å². The van der Waals surface area contributed by atoms with Gasteiger partial charge in [0, 0.05) is 0 Å². The molecular formula is C36H61MgO11P. The molecule has 5 N–H and O–H groups in total. The van der Waals surface area contributed by atoms with Gasteiger partial charge in [-0.3, -0.25) is 0 Å². The second-order valence-electron chi connectivity index (χ2n) is 17.8. The van der Waals surface area contributed by atoms with Crippen LogP contribution in [0.4, 0.5) is 0 Å². The summed E-state index contributed by atoms with van der Waals surface area (Å²) in [4.78, 5) is 23.4. The van der Waals surface area contributed by atoms with E-state index in [4.69, 9.17) is 14.0 Å². The van der Waals surface area contributed by atoms with Gasteiger partial charge in [0.1, 0.15) is 24.4 Å². The molecule has 0 aromatic carbocycles. The smallest absolute Gasteiger partial charge is 0.790 e. The fraction of sp³-hybridized carbons (Fsp3) is 0.944. The predicted octanol–water partition coefficient (Wildman–Crippen LogP) is 2.80. The first kappa shape index (κ1) is 42.1. The maximum absolute atomic E-state index is 12.3. The van der Waals surface area contributed by atoms with Crippen LogP contribution in [0.3, 0.4) is 0 Å². The molecule has 11 nitrogen and oxygen atoms in total. The first-order chi connectivity index (χ1) is 22.1. The van der Waals surface area contributed by atoms with Crippen LogP contribution < -0.4 is 9.79 Å². The monoisotopic (exact) mass is 724 g/mol. The number of phosphoric acid groups is 1. The quantitative estimate of drug-likeness (QED) is 0.134. The molecule has 4 aliphatic carbocycles. The Morgan fingerprint density at radius 3 is 2.16 bits per heavy atom. The third kappa shape index (κ3) is 7.17. The van der Waals surface area contributed by atoms with E-state index >= 15 is 0 Å². The van der Waals surface area contributed by atoms with Crippen molar-refractivity contribution in [3.05, 3.63) is 11.6 Å². The van der Waals surface area contributed by atoms with Crippen molar-refractivity contribution in [2.45, 2.75) is 162 Å². The number of aliphatic hydroxyl groups excluding tert-OH is 5. The van der Waals surface area contributed by atoms with E-state index in [1.807, 2.05) is 34.6 Å². The Morgan fingerprint density at radius 2 is 1.57 bits per heavy atom. The standard InChI is InChI=1S/C36H63O11P.Mg/c1-20(2)10-9-14-36(8,46-31-30(41)29(40)28(39)23(19-37)45-31)21-11-16-35(7)27(21)22(38)18-25-33(5)15-13-26(47-48(42,43)44)32(3,4)24(33)12-17-34(25,35)6;/h10,21-31,37-41H,9,11-19H2,1-8H3,(H2,42,43,44);/q;+2/p-2/t21?,22-,23-,24?,25?,26+,27?,28-,29+,30-,31+,33+,34-,35-,36+;/m1./s1. The fourth-order valence-electron chi connectivity index (χ4n) is 12.2. The molecule has 0 aromatic heterocycles. The molecule has 49 heavy (non-hydrogen) atoms. The number of fused-ring (bicyclic) bond motifs is 5. The van der Waals surface area contributed by atoms with Gasteiger partial charge >= 0.3 is 23.1 Å². The second-order valence-corrected chi connectivity index (χ2v) is 18.9. The van der Waals surface area contributed by atoms with Crippen LogP contribution in [0.1, 0.15) is 113 Å². The van der Waals surface area contributed by atoms with Crippen molar-refractivity contribution in [3.8, 4) is 0 Å². The summed E-state index contributed by atoms with van der Waals surface area (Å²) in [6, 6.07) is 0. The van der Waals surface area contributed by atoms with Gasteiger partial charge in [0.25, 0.3) is 0 Å². The van der Waals surface area contributed by atoms with Crippen LogP contribution in [0, 0.1) is 45.3 Å². The average molecular weight is 725 g/mol. The SMILES string of the molecule is CC(C)=CCC[C@](C)(O[C@@H]1O[C@H](CO)[C@@H](O)[C@H](O)[C@H]1O)C1CC[C@]2(C)C1[C@H](O)CC1[C@@]3(C)CC[C@H](OP(=O)([O-])[O-])C(C)(C)C3CC[C@]12C.[Mg+2]. The molecule has 0 aromatic rings. The van der Waals surface area contributed by atoms with E-state index in [1.54, 1.807) is 0 Å². The summed E-state index contributed by atoms with van der Waals surface area (Å²) in [7, 11) is -5.15. The molecule has 0 bridgehead atoms. The zero-order valence-electron chi connectivity index (χ0n) is 30.8. The van der Waals surface area contributed by atoms with Crippen molar-refractivity contribution in [3.63, 3.8) is 0 Å². The van der Waals surface area contributed by atoms with Crippen LogP contribution in [-0.2, 0) is 18.6 Å². The van der Waals surface area contributed by atoms with Gasteiger partial charge in [0.2, 0.25) is 0 Å². The van der Waals surface area contributed by atoms with E-state index in [0.717, 1.165) is 31.3 Å². The minimum absolute atomic E-state index is 0. The Labute approximate surface area is 309 Å². The van der Waals surface area contributed by atoms with E-state index in [2.05, 4.69) is 26.8 Å². The van der Waals surface area contributed by atoms with Crippen LogP contribution in [0.2, 0.25) is 0 Å². The van der Waals surface area contributed by atoms with Crippen LogP contribution >= 0.6 is 7.82 Å². The van der Waals surface area contributed by atoms with Crippen LogP contribution in [0.15, 0.2) is 11.6 Å². The number of hydrogen-bond acceptors (Lipinski definition) is 11. The van der Waals surface area contributed by atoms with Gasteiger partial charge in [-0.05, 0) is 124 Å². The zero-order valence-corrected chi connectivity index (χ0v) is 33.1. The fourth-order valence-corrected chi connectivity index (χ4v) is 12.9. The summed E-state index contributed by atoms with van der Waals surface area (Å²) in [6.07, 6.45) is 0.371. The largest absolute Gasteiger partial charge is 2.00 e. The normalized spacial score (nSPS) is 47.5. The molecule has 5 rings (SSSR count). The van der Waals surface area contributed by atoms with Gasteiger partial charge in [-0.2, -0.15) is 0 Å². The average Bonchev–Trinajstić information content (AvgIpc) is 3.36. The number of ether oxygens (including phenoxy) is 2. The number of hydrogen-bond donors (Lipinski definition) is 5. The molecular weight excluding hydrogens is 664 g/mol. The molecule has 1 saturated heterocycles. The molecule has 1 aliphatic heterocycles. The van der Waals surface area contributed by atoms with Gasteiger partial charge in [-0.1, -0.05) is 46.3 Å². The molecule has 1 heterocycles. The molecule has 0 amide bonds. The van der Waals surface area contributed by atoms with Crippen LogP contribution in [0.25, 0.3) is 0 Å². The number of rotatable bonds is 9. The maximum atomic E-state index is 12.3. The minimum atomic E-state index is -5.15. The summed E-state index contributed by atoms with van der Waals surface area (Å²) in [5.74, 6) is 0.0397. The third-order valence-electron chi connectivity index (χ3n) is 14.8. The Kier molecular flexibility index (Phi) is 12.5. The van der Waals surface area contributed by atoms with Gasteiger partial charge in [-0.25, -0.2) is 0 Å². The first-order valence-electron chi connectivity index (χ1n) is 18.1. The molecule has 13 heteroatoms. The van der Waals surface area contributed by atoms with Crippen molar-refractivity contribution in [1.82, 2.24) is 0 Å². The van der Waals surface area contributed by atoms with Gasteiger partial charge in [0.15, 0.2) is 6.29 Å². The van der Waals surface area contributed by atoms with Crippen molar-refractivity contribution in [1.29, 1.82) is 0 Å². The van der Waals surface area contributed by atoms with E-state index in [-0.39, 0.29) is 63.0 Å². The van der Waals surface area contributed by atoms with E-state index < -0.39 is 68.4 Å². The predicted molar refractivity (Wildman–Crippen MR) is 181 cm³/mol. The van der Waals surface area contributed by atoms with E-state index in [1.165, 1.54) is 0 Å². The van der Waals surface area contributed by atoms with E-state index in [9.17, 15) is 39.9 Å². The second kappa shape index (κ2) is 14.5. The molecule has 4 saturated carbocycles. The summed E-state index contributed by atoms with van der Waals surface area (Å²) >= 11 is 0. The molecule has 5 fully saturated rings. The topological polar surface area (TPSA) is 192 Å². The number of aliphatic hydroxyl groups is 5. The Balaban J connectivity index is 0.00000541. The molecule has 0 spiro atoms. The number of allylic oxidation sites excluding steroid dienone is 2. The molecule has 4 unspecified atom stereocenters. The van der Waals surface area contributed by atoms with Gasteiger partial charge < -0.3 is 53.9 Å². The molecule has 5 aliphatic rings. The van der Waals surface area contributed by atoms with Crippen molar-refractivity contribution in [2.24, 2.45) is 45.3 Å². The van der Waals surface area contributed by atoms with Crippen LogP contribution in [-0.4, -0.2) is 104 Å². The summed E-state index contributed by atoms with van der Waals surface area (Å²) in [5, 5.41) is 54.1. The van der Waals surface area contributed by atoms with E-state index in [0.29, 0.717) is 32.1 Å². The van der Waals surface area contributed by atoms with Crippen molar-refractivity contribution >= 4 is 30.9 Å². The minimum Gasteiger partial charge on any atom is -0.790 e. The zero-order chi connectivity index (χ0) is 35.8. The maximum Gasteiger partial charge on any atom is 2.00 e. The molecule has 278 valence electrons.